The van der Waals surface area contributed by atoms with Crippen molar-refractivity contribution in [3.05, 3.63) is 60.7 Å². The van der Waals surface area contributed by atoms with Crippen molar-refractivity contribution >= 4 is 157 Å². The molecular weight excluding hydrogens is 947 g/mol. The van der Waals surface area contributed by atoms with Gasteiger partial charge in [0.15, 0.2) is 0 Å². The maximum atomic E-state index is 3.22. The van der Waals surface area contributed by atoms with E-state index in [1.165, 1.54) is 0 Å². The van der Waals surface area contributed by atoms with E-state index in [-0.39, 0.29) is 0 Å². The smallest absolute Gasteiger partial charge is 0.0944 e. The Morgan fingerprint density at radius 1 is 0.283 bits per heavy atom. The number of rotatable bonds is 2. The Bertz CT molecular complexity index is 2250. The van der Waals surface area contributed by atoms with Crippen LogP contribution in [-0.2, 0) is 0 Å². The Morgan fingerprint density at radius 2 is 0.500 bits per heavy atom. The molecule has 13 rings (SSSR count). The molecule has 0 N–H and O–H groups in total. The standard InChI is InChI=1S/C24H46P14Si8/c1-39(2)33-29-25-26(30(33)36-35(29)41(5,6)45(39,42(36,7)8)23-19-15-13-16-20-23)28-27(25)31-34-32(28)38-37(31)43(9,10)46(40(34,3)4,44(38,11)12)24-21-17-14-18-22-24/h13-22H,1-12H3. The summed E-state index contributed by atoms with van der Waals surface area (Å²) < 4.78 is 0. The van der Waals surface area contributed by atoms with Gasteiger partial charge in [0.2, 0.25) is 0 Å². The van der Waals surface area contributed by atoms with Gasteiger partial charge in [-0.25, -0.2) is 0 Å². The molecule has 8 atom stereocenters. The quantitative estimate of drug-likeness (QED) is 0.151. The van der Waals surface area contributed by atoms with E-state index < -0.39 is 56.8 Å². The van der Waals surface area contributed by atoms with Crippen LogP contribution in [0.1, 0.15) is 0 Å². The second-order valence-electron chi connectivity index (χ2n) is 17.5. The molecule has 6 aliphatic rings. The highest BCUT2D eigenvalue weighted by molar-refractivity contribution is 9.25. The lowest BCUT2D eigenvalue weighted by molar-refractivity contribution is 1.75. The Morgan fingerprint density at radius 3 is 0.739 bits per heavy atom. The molecule has 0 radical (unpaired) electrons. The molecular formula is C24H46P14Si8. The summed E-state index contributed by atoms with van der Waals surface area (Å²) >= 11 is 0. The van der Waals surface area contributed by atoms with Crippen LogP contribution in [0.25, 0.3) is 0 Å². The summed E-state index contributed by atoms with van der Waals surface area (Å²) in [4.78, 5) is 0. The Kier molecular flexibility index (Phi) is 6.95. The third-order valence-electron chi connectivity index (χ3n) is 13.9. The Labute approximate surface area is 292 Å². The lowest BCUT2D eigenvalue weighted by atomic mass is 10.4. The molecule has 0 amide bonds. The van der Waals surface area contributed by atoms with Gasteiger partial charge in [0.05, 0.1) is 13.3 Å². The minimum absolute atomic E-state index is 0.599. The predicted octanol–water partition coefficient (Wildman–Crippen LogP) is 17.7. The predicted molar refractivity (Wildman–Crippen MR) is 265 cm³/mol. The lowest BCUT2D eigenvalue weighted by Gasteiger charge is -2.57. The molecule has 0 aliphatic carbocycles. The molecule has 6 aliphatic heterocycles. The van der Waals surface area contributed by atoms with Crippen LogP contribution in [0.4, 0.5) is 0 Å². The number of hydrogen-bond acceptors (Lipinski definition) is 0. The molecule has 46 heavy (non-hydrogen) atoms. The largest absolute Gasteiger partial charge is 0.107 e. The van der Waals surface area contributed by atoms with Crippen molar-refractivity contribution in [3.8, 4) is 0 Å². The average molecular weight is 993 g/mol. The molecule has 0 fully saturated rings. The third-order valence-corrected chi connectivity index (χ3v) is 524. The molecule has 22 heteroatoms. The number of hydrogen-bond donors (Lipinski definition) is 0. The van der Waals surface area contributed by atoms with Crippen LogP contribution in [0.15, 0.2) is 60.7 Å². The van der Waals surface area contributed by atoms with Gasteiger partial charge in [0.1, 0.15) is 43.6 Å². The fraction of sp³-hybridized carbons (Fsp3) is 0.500. The molecule has 244 valence electrons. The molecule has 0 saturated heterocycles. The fourth-order valence-electron chi connectivity index (χ4n) is 13.8. The molecule has 8 unspecified atom stereocenters. The minimum atomic E-state index is -1.31. The summed E-state index contributed by atoms with van der Waals surface area (Å²) in [6.45, 7) is 35.8. The van der Waals surface area contributed by atoms with Gasteiger partial charge in [0.25, 0.3) is 0 Å². The molecule has 0 spiro atoms. The summed E-state index contributed by atoms with van der Waals surface area (Å²) in [6, 6.07) is 26.0. The molecule has 0 saturated carbocycles. The second kappa shape index (κ2) is 9.48. The van der Waals surface area contributed by atoms with Crippen molar-refractivity contribution in [1.82, 2.24) is 0 Å². The minimum Gasteiger partial charge on any atom is -0.0944 e. The molecule has 11 heterocycles. The van der Waals surface area contributed by atoms with E-state index >= 15 is 0 Å². The van der Waals surface area contributed by atoms with E-state index in [9.17, 15) is 0 Å². The Hall–Kier alpha value is 4.38. The first-order valence-electron chi connectivity index (χ1n) is 16.8. The van der Waals surface area contributed by atoms with Crippen LogP contribution < -0.4 is 10.4 Å². The van der Waals surface area contributed by atoms with Crippen molar-refractivity contribution in [2.24, 2.45) is 0 Å². The maximum Gasteiger partial charge on any atom is 0.107 e. The highest BCUT2D eigenvalue weighted by Gasteiger charge is 2.82. The normalized spacial score (nSPS) is 35.1. The monoisotopic (exact) mass is 992 g/mol. The van der Waals surface area contributed by atoms with Gasteiger partial charge in [-0.2, -0.15) is 0 Å². The van der Waals surface area contributed by atoms with Crippen LogP contribution in [0.5, 0.6) is 0 Å². The van der Waals surface area contributed by atoms with Crippen LogP contribution in [0.3, 0.4) is 0 Å². The lowest BCUT2D eigenvalue weighted by Crippen LogP contribution is -2.86. The third kappa shape index (κ3) is 2.87. The van der Waals surface area contributed by atoms with Crippen LogP contribution in [0, 0.1) is 0 Å². The fourth-order valence-corrected chi connectivity index (χ4v) is 1270. The maximum absolute atomic E-state index is 3.22. The zero-order valence-corrected chi connectivity index (χ0v) is 49.6. The summed E-state index contributed by atoms with van der Waals surface area (Å²) in [5.41, 5.74) is 0. The molecule has 2 aromatic carbocycles. The Balaban J connectivity index is 1.32. The molecule has 0 nitrogen and oxygen atoms in total. The van der Waals surface area contributed by atoms with Gasteiger partial charge in [-0.3, -0.25) is 0 Å². The van der Waals surface area contributed by atoms with Crippen molar-refractivity contribution < 1.29 is 0 Å². The highest BCUT2D eigenvalue weighted by Crippen LogP contribution is 3.22. The number of benzene rings is 2. The summed E-state index contributed by atoms with van der Waals surface area (Å²) in [5.74, 6) is 0. The van der Waals surface area contributed by atoms with Crippen LogP contribution >= 0.6 is 89.6 Å². The SMILES string of the molecule is C[Si]1(C)p2p3p4p(p2p2p4p4p5p6p7p(p5[Si](C)(C)[Si](c5ccccc5)([Si]7(C)C)[Si]6(C)C)p24)[Si](C)(C)[Si]1(c1ccccc1)[Si]3(C)C. The van der Waals surface area contributed by atoms with Gasteiger partial charge in [0, 0.05) is 0 Å². The summed E-state index contributed by atoms with van der Waals surface area (Å²) in [5, 5.41) is 4.23. The van der Waals surface area contributed by atoms with Crippen molar-refractivity contribution in [2.45, 2.75) is 78.6 Å². The first-order valence-corrected chi connectivity index (χ1v) is 81.3. The summed E-state index contributed by atoms with van der Waals surface area (Å²) in [7, 11) is -7.10. The van der Waals surface area contributed by atoms with Gasteiger partial charge in [-0.05, 0) is 51.0 Å². The van der Waals surface area contributed by atoms with Crippen LogP contribution in [0.2, 0.25) is 78.6 Å². The summed E-state index contributed by atoms with van der Waals surface area (Å²) in [6.07, 6.45) is 9.00. The first-order chi connectivity index (χ1) is 21.4. The van der Waals surface area contributed by atoms with E-state index in [0.29, 0.717) is 89.6 Å². The molecule has 5 aromatic heterocycles. The van der Waals surface area contributed by atoms with E-state index in [1.807, 2.05) is 0 Å². The number of fused-ring (bicyclic) bond motifs is 4. The van der Waals surface area contributed by atoms with E-state index in [1.54, 1.807) is 0 Å². The first kappa shape index (κ1) is 33.7. The average Bonchev–Trinajstić information content (AvgIpc) is 3.66. The second-order valence-corrected chi connectivity index (χ2v) is 214. The van der Waals surface area contributed by atoms with Crippen molar-refractivity contribution in [1.29, 1.82) is 0 Å². The molecule has 7 aromatic rings. The zero-order valence-electron chi connectivity index (χ0n) is 29.0. The van der Waals surface area contributed by atoms with Gasteiger partial charge < -0.3 is 0 Å². The van der Waals surface area contributed by atoms with Crippen molar-refractivity contribution in [2.75, 3.05) is 0 Å². The van der Waals surface area contributed by atoms with E-state index in [0.717, 1.165) is 0 Å². The van der Waals surface area contributed by atoms with E-state index in [4.69, 9.17) is 0 Å². The van der Waals surface area contributed by atoms with Crippen molar-refractivity contribution in [3.63, 3.8) is 0 Å². The van der Waals surface area contributed by atoms with Crippen LogP contribution in [-0.4, -0.2) is 56.8 Å². The molecule has 12 bridgehead atoms. The topological polar surface area (TPSA) is 0 Å². The zero-order chi connectivity index (χ0) is 32.3. The van der Waals surface area contributed by atoms with E-state index in [2.05, 4.69) is 150 Å². The van der Waals surface area contributed by atoms with Gasteiger partial charge in [-0.15, -0.1) is 0 Å². The van der Waals surface area contributed by atoms with Gasteiger partial charge >= 0.3 is 0 Å². The highest BCUT2D eigenvalue weighted by atomic mass is 33.2. The van der Waals surface area contributed by atoms with Gasteiger partial charge in [-0.1, -0.05) is 188 Å².